The third-order valence-electron chi connectivity index (χ3n) is 4.59. The van der Waals surface area contributed by atoms with Gasteiger partial charge in [0.25, 0.3) is 5.91 Å². The zero-order valence-electron chi connectivity index (χ0n) is 14.1. The Bertz CT molecular complexity index is 837. The third kappa shape index (κ3) is 3.24. The van der Waals surface area contributed by atoms with Crippen LogP contribution >= 0.6 is 0 Å². The number of amides is 2. The van der Waals surface area contributed by atoms with Gasteiger partial charge in [0.1, 0.15) is 17.0 Å². The van der Waals surface area contributed by atoms with Crippen molar-refractivity contribution >= 4 is 22.7 Å². The number of fused-ring (bicyclic) bond motifs is 1. The van der Waals surface area contributed by atoms with Crippen molar-refractivity contribution in [3.8, 4) is 0 Å². The molecular formula is C19H20FN3O2. The highest BCUT2D eigenvalue weighted by Gasteiger charge is 2.31. The number of piperazine rings is 1. The van der Waals surface area contributed by atoms with E-state index in [4.69, 9.17) is 0 Å². The van der Waals surface area contributed by atoms with E-state index in [1.54, 1.807) is 34.1 Å². The molecule has 0 radical (unpaired) electrons. The molecule has 2 aromatic rings. The van der Waals surface area contributed by atoms with Gasteiger partial charge in [-0.2, -0.15) is 0 Å². The zero-order valence-corrected chi connectivity index (χ0v) is 14.1. The fourth-order valence-electron chi connectivity index (χ4n) is 3.18. The van der Waals surface area contributed by atoms with Crippen molar-refractivity contribution in [2.45, 2.75) is 19.4 Å². The van der Waals surface area contributed by atoms with E-state index in [-0.39, 0.29) is 29.1 Å². The van der Waals surface area contributed by atoms with Crippen LogP contribution in [-0.2, 0) is 4.79 Å². The summed E-state index contributed by atoms with van der Waals surface area (Å²) in [6, 6.07) is 7.94. The van der Waals surface area contributed by atoms with Crippen LogP contribution < -0.4 is 0 Å². The highest BCUT2D eigenvalue weighted by molar-refractivity contribution is 5.95. The Labute approximate surface area is 145 Å². The van der Waals surface area contributed by atoms with Crippen molar-refractivity contribution < 1.29 is 14.0 Å². The van der Waals surface area contributed by atoms with E-state index in [2.05, 4.69) is 11.6 Å². The number of halogens is 1. The van der Waals surface area contributed by atoms with E-state index in [0.29, 0.717) is 31.4 Å². The standard InChI is InChI=1S/C19H20FN3O2/c1-3-14-12-22(17(24)4-2)10-11-23(14)19(25)16-9-8-13-6-5-7-15(20)18(13)21-16/h4-9,14H,2-3,10-12H2,1H3. The molecule has 6 heteroatoms. The minimum absolute atomic E-state index is 0.0942. The van der Waals surface area contributed by atoms with E-state index >= 15 is 0 Å². The molecule has 1 aliphatic rings. The molecule has 1 aromatic carbocycles. The Morgan fingerprint density at radius 3 is 2.84 bits per heavy atom. The molecule has 5 nitrogen and oxygen atoms in total. The first-order chi connectivity index (χ1) is 12.0. The van der Waals surface area contributed by atoms with E-state index in [1.165, 1.54) is 12.1 Å². The van der Waals surface area contributed by atoms with E-state index in [9.17, 15) is 14.0 Å². The van der Waals surface area contributed by atoms with Gasteiger partial charge in [-0.1, -0.05) is 31.7 Å². The Morgan fingerprint density at radius 1 is 1.32 bits per heavy atom. The molecule has 0 spiro atoms. The molecule has 1 fully saturated rings. The minimum Gasteiger partial charge on any atom is -0.335 e. The summed E-state index contributed by atoms with van der Waals surface area (Å²) in [4.78, 5) is 32.3. The lowest BCUT2D eigenvalue weighted by molar-refractivity contribution is -0.128. The molecular weight excluding hydrogens is 321 g/mol. The van der Waals surface area contributed by atoms with Gasteiger partial charge in [0.05, 0.1) is 0 Å². The number of nitrogens with zero attached hydrogens (tertiary/aromatic N) is 3. The van der Waals surface area contributed by atoms with Crippen LogP contribution in [-0.4, -0.2) is 52.3 Å². The van der Waals surface area contributed by atoms with Crippen LogP contribution in [0.1, 0.15) is 23.8 Å². The lowest BCUT2D eigenvalue weighted by Crippen LogP contribution is -2.56. The molecule has 0 N–H and O–H groups in total. The topological polar surface area (TPSA) is 53.5 Å². The van der Waals surface area contributed by atoms with Gasteiger partial charge in [-0.3, -0.25) is 9.59 Å². The molecule has 2 amide bonds. The van der Waals surface area contributed by atoms with Gasteiger partial charge in [0, 0.05) is 31.1 Å². The van der Waals surface area contributed by atoms with E-state index in [1.807, 2.05) is 6.92 Å². The zero-order chi connectivity index (χ0) is 18.0. The van der Waals surface area contributed by atoms with Gasteiger partial charge < -0.3 is 9.80 Å². The van der Waals surface area contributed by atoms with E-state index < -0.39 is 5.82 Å². The first kappa shape index (κ1) is 17.1. The van der Waals surface area contributed by atoms with Crippen LogP contribution in [0.25, 0.3) is 10.9 Å². The average Bonchev–Trinajstić information content (AvgIpc) is 2.66. The number of rotatable bonds is 3. The fraction of sp³-hybridized carbons (Fsp3) is 0.316. The summed E-state index contributed by atoms with van der Waals surface area (Å²) in [7, 11) is 0. The van der Waals surface area contributed by atoms with Crippen LogP contribution in [0.4, 0.5) is 4.39 Å². The molecule has 1 atom stereocenters. The summed E-state index contributed by atoms with van der Waals surface area (Å²) in [5.41, 5.74) is 0.418. The van der Waals surface area contributed by atoms with E-state index in [0.717, 1.165) is 0 Å². The maximum Gasteiger partial charge on any atom is 0.272 e. The van der Waals surface area contributed by atoms with Gasteiger partial charge in [-0.05, 0) is 24.6 Å². The van der Waals surface area contributed by atoms with Crippen LogP contribution in [0.15, 0.2) is 43.0 Å². The smallest absolute Gasteiger partial charge is 0.272 e. The van der Waals surface area contributed by atoms with Gasteiger partial charge in [-0.15, -0.1) is 0 Å². The van der Waals surface area contributed by atoms with Gasteiger partial charge in [0.2, 0.25) is 5.91 Å². The van der Waals surface area contributed by atoms with Crippen LogP contribution in [0.3, 0.4) is 0 Å². The van der Waals surface area contributed by atoms with Gasteiger partial charge >= 0.3 is 0 Å². The number of para-hydroxylation sites is 1. The summed E-state index contributed by atoms with van der Waals surface area (Å²) in [5.74, 6) is -0.806. The molecule has 0 saturated carbocycles. The summed E-state index contributed by atoms with van der Waals surface area (Å²) in [5, 5.41) is 0.657. The second-order valence-electron chi connectivity index (χ2n) is 6.06. The average molecular weight is 341 g/mol. The van der Waals surface area contributed by atoms with Crippen molar-refractivity contribution in [3.63, 3.8) is 0 Å². The fourth-order valence-corrected chi connectivity index (χ4v) is 3.18. The highest BCUT2D eigenvalue weighted by Crippen LogP contribution is 2.20. The SMILES string of the molecule is C=CC(=O)N1CCN(C(=O)c2ccc3cccc(F)c3n2)C(CC)C1. The first-order valence-electron chi connectivity index (χ1n) is 8.32. The van der Waals surface area contributed by atoms with Crippen molar-refractivity contribution in [1.82, 2.24) is 14.8 Å². The van der Waals surface area contributed by atoms with Gasteiger partial charge in [0.15, 0.2) is 0 Å². The number of hydrogen-bond acceptors (Lipinski definition) is 3. The number of pyridine rings is 1. The summed E-state index contributed by atoms with van der Waals surface area (Å²) >= 11 is 0. The molecule has 0 aliphatic carbocycles. The molecule has 1 saturated heterocycles. The Hall–Kier alpha value is -2.76. The summed E-state index contributed by atoms with van der Waals surface area (Å²) in [6.45, 7) is 6.83. The predicted molar refractivity (Wildman–Crippen MR) is 93.6 cm³/mol. The van der Waals surface area contributed by atoms with Gasteiger partial charge in [-0.25, -0.2) is 9.37 Å². The second-order valence-corrected chi connectivity index (χ2v) is 6.06. The largest absolute Gasteiger partial charge is 0.335 e. The van der Waals surface area contributed by atoms with Crippen LogP contribution in [0, 0.1) is 5.82 Å². The summed E-state index contributed by atoms with van der Waals surface area (Å²) in [6.07, 6.45) is 2.01. The monoisotopic (exact) mass is 341 g/mol. The molecule has 1 aliphatic heterocycles. The number of aromatic nitrogens is 1. The molecule has 3 rings (SSSR count). The Morgan fingerprint density at radius 2 is 2.12 bits per heavy atom. The van der Waals surface area contributed by atoms with Crippen LogP contribution in [0.5, 0.6) is 0 Å². The van der Waals surface area contributed by atoms with Crippen molar-refractivity contribution in [3.05, 3.63) is 54.5 Å². The lowest BCUT2D eigenvalue weighted by atomic mass is 10.1. The third-order valence-corrected chi connectivity index (χ3v) is 4.59. The van der Waals surface area contributed by atoms with Crippen molar-refractivity contribution in [2.24, 2.45) is 0 Å². The molecule has 0 bridgehead atoms. The Balaban J connectivity index is 1.86. The summed E-state index contributed by atoms with van der Waals surface area (Å²) < 4.78 is 14.0. The second kappa shape index (κ2) is 7.01. The lowest BCUT2D eigenvalue weighted by Gasteiger charge is -2.40. The Kier molecular flexibility index (Phi) is 4.79. The van der Waals surface area contributed by atoms with Crippen LogP contribution in [0.2, 0.25) is 0 Å². The quantitative estimate of drug-likeness (QED) is 0.807. The number of carbonyl (C=O) groups excluding carboxylic acids is 2. The molecule has 2 heterocycles. The number of carbonyl (C=O) groups is 2. The number of hydrogen-bond donors (Lipinski definition) is 0. The molecule has 1 aromatic heterocycles. The normalized spacial score (nSPS) is 17.6. The first-order valence-corrected chi connectivity index (χ1v) is 8.32. The highest BCUT2D eigenvalue weighted by atomic mass is 19.1. The maximum absolute atomic E-state index is 14.0. The predicted octanol–water partition coefficient (Wildman–Crippen LogP) is 2.62. The van der Waals surface area contributed by atoms with Crippen molar-refractivity contribution in [1.29, 1.82) is 0 Å². The molecule has 130 valence electrons. The molecule has 25 heavy (non-hydrogen) atoms. The maximum atomic E-state index is 14.0. The van der Waals surface area contributed by atoms with Crippen molar-refractivity contribution in [2.75, 3.05) is 19.6 Å². The number of benzene rings is 1. The minimum atomic E-state index is -0.444. The molecule has 1 unspecified atom stereocenters.